The highest BCUT2D eigenvalue weighted by molar-refractivity contribution is 6.31. The van der Waals surface area contributed by atoms with E-state index in [9.17, 15) is 20.4 Å². The predicted octanol–water partition coefficient (Wildman–Crippen LogP) is 6.83. The minimum absolute atomic E-state index is 0.128. The van der Waals surface area contributed by atoms with Crippen LogP contribution in [0.4, 0.5) is 0 Å². The SMILES string of the molecule is Cn1cc2cc1/C(c1cccc(O)c1)=C1/C=CC(=N1)/C(c1cccc(O)c1)=c1/cc/c([nH]1)=C(\c1cccc(O)c1)C1=N/C(=C\2c2cccc(O)c2)C=C1. The van der Waals surface area contributed by atoms with E-state index in [0.29, 0.717) is 22.8 Å². The van der Waals surface area contributed by atoms with Gasteiger partial charge in [-0.2, -0.15) is 0 Å². The number of aromatic nitrogens is 2. The molecule has 8 bridgehead atoms. The van der Waals surface area contributed by atoms with E-state index < -0.39 is 0 Å². The zero-order valence-electron chi connectivity index (χ0n) is 28.5. The quantitative estimate of drug-likeness (QED) is 0.139. The van der Waals surface area contributed by atoms with Gasteiger partial charge in [-0.15, -0.1) is 0 Å². The number of hydrogen-bond acceptors (Lipinski definition) is 6. The van der Waals surface area contributed by atoms with Crippen molar-refractivity contribution in [2.45, 2.75) is 0 Å². The number of rotatable bonds is 4. The first kappa shape index (κ1) is 31.6. The average Bonchev–Trinajstić information content (AvgIpc) is 3.96. The van der Waals surface area contributed by atoms with Crippen molar-refractivity contribution in [1.29, 1.82) is 0 Å². The number of aliphatic imine (C=N–C) groups is 2. The summed E-state index contributed by atoms with van der Waals surface area (Å²) in [5.74, 6) is 0.524. The van der Waals surface area contributed by atoms with E-state index in [0.717, 1.165) is 66.5 Å². The molecule has 6 aromatic rings. The number of aromatic hydroxyl groups is 4. The Morgan fingerprint density at radius 3 is 1.32 bits per heavy atom. The van der Waals surface area contributed by atoms with Gasteiger partial charge in [-0.3, -0.25) is 0 Å². The van der Waals surface area contributed by atoms with Crippen LogP contribution in [0, 0.1) is 0 Å². The molecule has 0 saturated heterocycles. The predicted molar refractivity (Wildman–Crippen MR) is 208 cm³/mol. The van der Waals surface area contributed by atoms with Crippen molar-refractivity contribution in [3.05, 3.63) is 201 Å². The molecule has 4 aromatic carbocycles. The normalized spacial score (nSPS) is 19.8. The Hall–Kier alpha value is -7.32. The Morgan fingerprint density at radius 1 is 0.453 bits per heavy atom. The number of nitrogens with one attached hydrogen (secondary N) is 1. The van der Waals surface area contributed by atoms with Gasteiger partial charge in [0.15, 0.2) is 0 Å². The summed E-state index contributed by atoms with van der Waals surface area (Å²) in [4.78, 5) is 14.1. The van der Waals surface area contributed by atoms with Crippen LogP contribution in [-0.4, -0.2) is 41.4 Å². The van der Waals surface area contributed by atoms with E-state index in [2.05, 4.69) is 11.1 Å². The fourth-order valence-electron chi connectivity index (χ4n) is 7.34. The molecule has 0 spiro atoms. The summed E-state index contributed by atoms with van der Waals surface area (Å²) in [5.41, 5.74) is 10.7. The Balaban J connectivity index is 1.44. The third-order valence-electron chi connectivity index (χ3n) is 9.62. The molecule has 0 saturated carbocycles. The lowest BCUT2D eigenvalue weighted by atomic mass is 9.95. The summed E-state index contributed by atoms with van der Waals surface area (Å²) in [6.07, 6.45) is 9.92. The van der Waals surface area contributed by atoms with E-state index in [-0.39, 0.29) is 23.0 Å². The maximum atomic E-state index is 10.6. The molecule has 256 valence electrons. The molecule has 5 heterocycles. The standard InChI is InChI=1S/C45H32N4O4/c1-49-25-30-24-41(49)45(29-9-5-13-34(53)23-29)40-19-18-39(48-40)44(28-8-4-12-33(52)22-28)38-17-16-37(47-38)43(27-7-3-11-32(51)21-27)36-15-14-35(46-36)42(30)26-6-2-10-31(50)20-26/h2-25,47,50-53H,1H3/b42-35-,43-37-,44-38-,45-40-. The van der Waals surface area contributed by atoms with Crippen LogP contribution in [0.1, 0.15) is 33.5 Å². The third-order valence-corrected chi connectivity index (χ3v) is 9.62. The first-order chi connectivity index (χ1) is 25.8. The first-order valence-electron chi connectivity index (χ1n) is 17.1. The monoisotopic (exact) mass is 692 g/mol. The van der Waals surface area contributed by atoms with E-state index in [1.807, 2.05) is 90.6 Å². The van der Waals surface area contributed by atoms with Crippen LogP contribution in [0.2, 0.25) is 0 Å². The molecule has 0 atom stereocenters. The van der Waals surface area contributed by atoms with Gasteiger partial charge in [0, 0.05) is 51.8 Å². The highest BCUT2D eigenvalue weighted by Gasteiger charge is 2.25. The van der Waals surface area contributed by atoms with Crippen LogP contribution in [0.3, 0.4) is 0 Å². The summed E-state index contributed by atoms with van der Waals surface area (Å²) < 4.78 is 2.04. The molecular formula is C45H32N4O4. The molecule has 0 aliphatic carbocycles. The van der Waals surface area contributed by atoms with Crippen molar-refractivity contribution in [3.8, 4) is 23.0 Å². The maximum absolute atomic E-state index is 10.6. The van der Waals surface area contributed by atoms with Crippen molar-refractivity contribution < 1.29 is 20.4 Å². The molecule has 3 aliphatic heterocycles. The fraction of sp³-hybridized carbons (Fsp3) is 0.0222. The number of phenols is 4. The molecule has 8 nitrogen and oxygen atoms in total. The van der Waals surface area contributed by atoms with Gasteiger partial charge in [0.05, 0.1) is 28.5 Å². The molecule has 2 aromatic heterocycles. The smallest absolute Gasteiger partial charge is 0.116 e. The molecule has 5 N–H and O–H groups in total. The van der Waals surface area contributed by atoms with Gasteiger partial charge in [-0.25, -0.2) is 9.98 Å². The van der Waals surface area contributed by atoms with Crippen LogP contribution in [-0.2, 0) is 7.05 Å². The molecular weight excluding hydrogens is 661 g/mol. The van der Waals surface area contributed by atoms with Crippen LogP contribution in [0.25, 0.3) is 22.3 Å². The highest BCUT2D eigenvalue weighted by atomic mass is 16.3. The number of phenolic OH excluding ortho intramolecular Hbond substituents is 4. The lowest BCUT2D eigenvalue weighted by molar-refractivity contribution is 0.474. The van der Waals surface area contributed by atoms with Gasteiger partial charge in [-0.05, 0) is 113 Å². The van der Waals surface area contributed by atoms with Gasteiger partial charge < -0.3 is 30.0 Å². The topological polar surface area (TPSA) is 126 Å². The molecule has 0 fully saturated rings. The highest BCUT2D eigenvalue weighted by Crippen LogP contribution is 2.39. The van der Waals surface area contributed by atoms with Crippen molar-refractivity contribution >= 4 is 33.7 Å². The van der Waals surface area contributed by atoms with Gasteiger partial charge >= 0.3 is 0 Å². The summed E-state index contributed by atoms with van der Waals surface area (Å²) in [5, 5.41) is 44.0. The number of aromatic amines is 1. The largest absolute Gasteiger partial charge is 0.508 e. The molecule has 3 aliphatic rings. The van der Waals surface area contributed by atoms with Crippen LogP contribution in [0.5, 0.6) is 23.0 Å². The molecule has 53 heavy (non-hydrogen) atoms. The number of hydrogen-bond donors (Lipinski definition) is 5. The fourth-order valence-corrected chi connectivity index (χ4v) is 7.34. The van der Waals surface area contributed by atoms with E-state index in [1.54, 1.807) is 60.7 Å². The summed E-state index contributed by atoms with van der Waals surface area (Å²) in [6.45, 7) is 0. The maximum Gasteiger partial charge on any atom is 0.116 e. The number of benzene rings is 4. The van der Waals surface area contributed by atoms with Crippen LogP contribution in [0.15, 0.2) is 167 Å². The summed E-state index contributed by atoms with van der Waals surface area (Å²) >= 11 is 0. The Bertz CT molecular complexity index is 2840. The zero-order valence-corrected chi connectivity index (χ0v) is 28.5. The van der Waals surface area contributed by atoms with E-state index in [4.69, 9.17) is 9.98 Å². The molecule has 9 rings (SSSR count). The van der Waals surface area contributed by atoms with Gasteiger partial charge in [-0.1, -0.05) is 48.5 Å². The Labute approximate surface area is 304 Å². The van der Waals surface area contributed by atoms with E-state index in [1.165, 1.54) is 0 Å². The van der Waals surface area contributed by atoms with Crippen molar-refractivity contribution in [2.24, 2.45) is 17.0 Å². The van der Waals surface area contributed by atoms with Crippen molar-refractivity contribution in [2.75, 3.05) is 0 Å². The summed E-state index contributed by atoms with van der Waals surface area (Å²) in [6, 6.07) is 34.6. The third kappa shape index (κ3) is 5.68. The van der Waals surface area contributed by atoms with Crippen molar-refractivity contribution in [1.82, 2.24) is 9.55 Å². The summed E-state index contributed by atoms with van der Waals surface area (Å²) in [7, 11) is 1.97. The molecule has 0 radical (unpaired) electrons. The number of H-pyrrole nitrogens is 1. The van der Waals surface area contributed by atoms with Crippen molar-refractivity contribution in [3.63, 3.8) is 0 Å². The molecule has 0 amide bonds. The van der Waals surface area contributed by atoms with Crippen LogP contribution < -0.4 is 10.7 Å². The number of allylic oxidation sites excluding steroid dienone is 4. The first-order valence-corrected chi connectivity index (χ1v) is 17.1. The van der Waals surface area contributed by atoms with E-state index >= 15 is 0 Å². The second kappa shape index (κ2) is 12.5. The Kier molecular flexibility index (Phi) is 7.45. The molecule has 8 heteroatoms. The van der Waals surface area contributed by atoms with Gasteiger partial charge in [0.1, 0.15) is 23.0 Å². The minimum Gasteiger partial charge on any atom is -0.508 e. The second-order valence-corrected chi connectivity index (χ2v) is 13.1. The number of aryl methyl sites for hydroxylation is 1. The lowest BCUT2D eigenvalue weighted by Gasteiger charge is -2.12. The second-order valence-electron chi connectivity index (χ2n) is 13.1. The van der Waals surface area contributed by atoms with Crippen LogP contribution >= 0.6 is 0 Å². The Morgan fingerprint density at radius 2 is 0.868 bits per heavy atom. The van der Waals surface area contributed by atoms with Gasteiger partial charge in [0.25, 0.3) is 0 Å². The lowest BCUT2D eigenvalue weighted by Crippen LogP contribution is -2.21. The number of fused-ring (bicyclic) bond motifs is 6. The number of nitrogens with zero attached hydrogens (tertiary/aromatic N) is 3. The van der Waals surface area contributed by atoms with Gasteiger partial charge in [0.2, 0.25) is 0 Å². The zero-order chi connectivity index (χ0) is 36.2. The minimum atomic E-state index is 0.128. The average molecular weight is 693 g/mol. The molecule has 0 unspecified atom stereocenters.